The topological polar surface area (TPSA) is 67.5 Å². The summed E-state index contributed by atoms with van der Waals surface area (Å²) in [6.45, 7) is 0. The highest BCUT2D eigenvalue weighted by molar-refractivity contribution is 7.85. The van der Waals surface area contributed by atoms with E-state index in [1.165, 1.54) is 0 Å². The SMILES string of the molecule is O=S(=O)(O)CCc1ccc2occc2c1. The lowest BCUT2D eigenvalue weighted by Gasteiger charge is -1.99. The van der Waals surface area contributed by atoms with Gasteiger partial charge in [0.05, 0.1) is 12.0 Å². The van der Waals surface area contributed by atoms with Crippen molar-refractivity contribution in [1.29, 1.82) is 0 Å². The molecule has 1 N–H and O–H groups in total. The second-order valence-electron chi connectivity index (χ2n) is 3.33. The summed E-state index contributed by atoms with van der Waals surface area (Å²) >= 11 is 0. The van der Waals surface area contributed by atoms with Gasteiger partial charge in [-0.3, -0.25) is 4.55 Å². The van der Waals surface area contributed by atoms with Gasteiger partial charge in [0.2, 0.25) is 0 Å². The number of fused-ring (bicyclic) bond motifs is 1. The Morgan fingerprint density at radius 1 is 1.27 bits per heavy atom. The number of furan rings is 1. The van der Waals surface area contributed by atoms with Crippen molar-refractivity contribution < 1.29 is 17.4 Å². The largest absolute Gasteiger partial charge is 0.464 e. The molecule has 1 heterocycles. The van der Waals surface area contributed by atoms with E-state index >= 15 is 0 Å². The van der Waals surface area contributed by atoms with E-state index in [-0.39, 0.29) is 5.75 Å². The highest BCUT2D eigenvalue weighted by atomic mass is 32.2. The van der Waals surface area contributed by atoms with Gasteiger partial charge in [-0.05, 0) is 30.2 Å². The summed E-state index contributed by atoms with van der Waals surface area (Å²) in [6, 6.07) is 7.24. The molecule has 1 aromatic carbocycles. The third kappa shape index (κ3) is 2.57. The molecule has 1 aromatic heterocycles. The molecule has 0 amide bonds. The van der Waals surface area contributed by atoms with Gasteiger partial charge in [-0.2, -0.15) is 8.42 Å². The maximum absolute atomic E-state index is 10.6. The molecule has 0 aliphatic heterocycles. The van der Waals surface area contributed by atoms with E-state index in [0.717, 1.165) is 16.5 Å². The molecular weight excluding hydrogens is 216 g/mol. The summed E-state index contributed by atoms with van der Waals surface area (Å²) in [6.07, 6.45) is 1.89. The molecule has 4 nitrogen and oxygen atoms in total. The zero-order valence-electron chi connectivity index (χ0n) is 7.88. The van der Waals surface area contributed by atoms with Crippen LogP contribution in [0.25, 0.3) is 11.0 Å². The molecule has 0 saturated heterocycles. The lowest BCUT2D eigenvalue weighted by atomic mass is 10.1. The molecule has 15 heavy (non-hydrogen) atoms. The van der Waals surface area contributed by atoms with Crippen LogP contribution in [-0.4, -0.2) is 18.7 Å². The van der Waals surface area contributed by atoms with E-state index in [0.29, 0.717) is 6.42 Å². The highest BCUT2D eigenvalue weighted by Crippen LogP contribution is 2.17. The first-order chi connectivity index (χ1) is 7.04. The summed E-state index contributed by atoms with van der Waals surface area (Å²) in [4.78, 5) is 0. The van der Waals surface area contributed by atoms with Gasteiger partial charge in [-0.15, -0.1) is 0 Å². The molecule has 2 aromatic rings. The molecule has 0 aliphatic carbocycles. The Kier molecular flexibility index (Phi) is 2.50. The summed E-state index contributed by atoms with van der Waals surface area (Å²) in [5.41, 5.74) is 1.63. The van der Waals surface area contributed by atoms with Gasteiger partial charge in [-0.1, -0.05) is 6.07 Å². The molecule has 0 radical (unpaired) electrons. The maximum atomic E-state index is 10.6. The van der Waals surface area contributed by atoms with Crippen LogP contribution < -0.4 is 0 Å². The van der Waals surface area contributed by atoms with E-state index in [1.54, 1.807) is 18.4 Å². The fraction of sp³-hybridized carbons (Fsp3) is 0.200. The molecule has 2 rings (SSSR count). The Labute approximate surface area is 87.3 Å². The van der Waals surface area contributed by atoms with Gasteiger partial charge in [0.15, 0.2) is 0 Å². The molecule has 0 saturated carbocycles. The number of benzene rings is 1. The number of hydrogen-bond donors (Lipinski definition) is 1. The second kappa shape index (κ2) is 3.67. The van der Waals surface area contributed by atoms with E-state index in [4.69, 9.17) is 8.97 Å². The van der Waals surface area contributed by atoms with Crippen LogP contribution in [0, 0.1) is 0 Å². The summed E-state index contributed by atoms with van der Waals surface area (Å²) in [5, 5.41) is 0.933. The molecule has 0 atom stereocenters. The van der Waals surface area contributed by atoms with Crippen LogP contribution in [-0.2, 0) is 16.5 Å². The van der Waals surface area contributed by atoms with Gasteiger partial charge in [0.1, 0.15) is 5.58 Å². The predicted octanol–water partition coefficient (Wildman–Crippen LogP) is 1.86. The summed E-state index contributed by atoms with van der Waals surface area (Å²) < 4.78 is 34.9. The fourth-order valence-electron chi connectivity index (χ4n) is 1.42. The van der Waals surface area contributed by atoms with Crippen molar-refractivity contribution in [2.75, 3.05) is 5.75 Å². The Bertz CT molecular complexity index is 568. The highest BCUT2D eigenvalue weighted by Gasteiger charge is 2.05. The lowest BCUT2D eigenvalue weighted by Crippen LogP contribution is -2.06. The minimum Gasteiger partial charge on any atom is -0.464 e. The van der Waals surface area contributed by atoms with Gasteiger partial charge in [0, 0.05) is 5.39 Å². The van der Waals surface area contributed by atoms with Crippen molar-refractivity contribution in [3.63, 3.8) is 0 Å². The second-order valence-corrected chi connectivity index (χ2v) is 4.90. The first-order valence-electron chi connectivity index (χ1n) is 4.46. The number of aryl methyl sites for hydroxylation is 1. The van der Waals surface area contributed by atoms with Gasteiger partial charge < -0.3 is 4.42 Å². The van der Waals surface area contributed by atoms with E-state index < -0.39 is 10.1 Å². The van der Waals surface area contributed by atoms with Crippen molar-refractivity contribution >= 4 is 21.1 Å². The third-order valence-electron chi connectivity index (χ3n) is 2.17. The molecule has 80 valence electrons. The minimum absolute atomic E-state index is 0.254. The first kappa shape index (κ1) is 10.2. The van der Waals surface area contributed by atoms with E-state index in [2.05, 4.69) is 0 Å². The van der Waals surface area contributed by atoms with Crippen LogP contribution in [0.2, 0.25) is 0 Å². The maximum Gasteiger partial charge on any atom is 0.265 e. The van der Waals surface area contributed by atoms with E-state index in [1.807, 2.05) is 12.1 Å². The van der Waals surface area contributed by atoms with Gasteiger partial charge >= 0.3 is 0 Å². The van der Waals surface area contributed by atoms with Crippen molar-refractivity contribution in [3.8, 4) is 0 Å². The Hall–Kier alpha value is -1.33. The Morgan fingerprint density at radius 3 is 2.80 bits per heavy atom. The molecule has 0 unspecified atom stereocenters. The Morgan fingerprint density at radius 2 is 2.07 bits per heavy atom. The zero-order valence-corrected chi connectivity index (χ0v) is 8.70. The average Bonchev–Trinajstić information content (AvgIpc) is 2.60. The van der Waals surface area contributed by atoms with Crippen molar-refractivity contribution in [2.24, 2.45) is 0 Å². The summed E-state index contributed by atoms with van der Waals surface area (Å²) in [7, 11) is -3.89. The number of hydrogen-bond acceptors (Lipinski definition) is 3. The van der Waals surface area contributed by atoms with Crippen LogP contribution in [0.1, 0.15) is 5.56 Å². The van der Waals surface area contributed by atoms with Crippen LogP contribution in [0.15, 0.2) is 34.9 Å². The Balaban J connectivity index is 2.21. The quantitative estimate of drug-likeness (QED) is 0.811. The van der Waals surface area contributed by atoms with Crippen molar-refractivity contribution in [3.05, 3.63) is 36.1 Å². The molecular formula is C10H10O4S. The third-order valence-corrected chi connectivity index (χ3v) is 2.89. The molecule has 5 heteroatoms. The van der Waals surface area contributed by atoms with Crippen molar-refractivity contribution in [2.45, 2.75) is 6.42 Å². The predicted molar refractivity (Wildman–Crippen MR) is 56.3 cm³/mol. The molecule has 0 aliphatic rings. The lowest BCUT2D eigenvalue weighted by molar-refractivity contribution is 0.482. The molecule has 0 spiro atoms. The minimum atomic E-state index is -3.89. The summed E-state index contributed by atoms with van der Waals surface area (Å²) in [5.74, 6) is -0.254. The molecule has 0 bridgehead atoms. The van der Waals surface area contributed by atoms with Crippen LogP contribution in [0.3, 0.4) is 0 Å². The van der Waals surface area contributed by atoms with Crippen LogP contribution in [0.4, 0.5) is 0 Å². The van der Waals surface area contributed by atoms with E-state index in [9.17, 15) is 8.42 Å². The fourth-order valence-corrected chi connectivity index (χ4v) is 1.91. The first-order valence-corrected chi connectivity index (χ1v) is 6.07. The normalized spacial score (nSPS) is 12.1. The zero-order chi connectivity index (χ0) is 10.9. The van der Waals surface area contributed by atoms with Gasteiger partial charge in [-0.25, -0.2) is 0 Å². The van der Waals surface area contributed by atoms with Crippen LogP contribution >= 0.6 is 0 Å². The smallest absolute Gasteiger partial charge is 0.265 e. The van der Waals surface area contributed by atoms with Crippen molar-refractivity contribution in [1.82, 2.24) is 0 Å². The average molecular weight is 226 g/mol. The van der Waals surface area contributed by atoms with Gasteiger partial charge in [0.25, 0.3) is 10.1 Å². The number of rotatable bonds is 3. The van der Waals surface area contributed by atoms with Crippen LogP contribution in [0.5, 0.6) is 0 Å². The standard InChI is InChI=1S/C10H10O4S/c11-15(12,13)6-4-8-1-2-10-9(7-8)3-5-14-10/h1-3,5,7H,4,6H2,(H,11,12,13). The monoisotopic (exact) mass is 226 g/mol. The molecule has 0 fully saturated rings.